The lowest BCUT2D eigenvalue weighted by molar-refractivity contribution is -0.137. The van der Waals surface area contributed by atoms with Gasteiger partial charge in [-0.05, 0) is 57.2 Å². The molecule has 0 saturated carbocycles. The molecule has 1 atom stereocenters. The highest BCUT2D eigenvalue weighted by molar-refractivity contribution is 5.94. The van der Waals surface area contributed by atoms with Gasteiger partial charge in [-0.1, -0.05) is 0 Å². The van der Waals surface area contributed by atoms with Gasteiger partial charge in [0.2, 0.25) is 0 Å². The van der Waals surface area contributed by atoms with Crippen molar-refractivity contribution in [2.75, 3.05) is 26.2 Å². The molecule has 1 amide bonds. The molecule has 0 spiro atoms. The van der Waals surface area contributed by atoms with Crippen LogP contribution in [0.2, 0.25) is 0 Å². The second-order valence-electron chi connectivity index (χ2n) is 7.14. The van der Waals surface area contributed by atoms with Gasteiger partial charge < -0.3 is 25.5 Å². The van der Waals surface area contributed by atoms with Crippen molar-refractivity contribution < 1.29 is 27.5 Å². The number of hydrogen-bond donors (Lipinski definition) is 4. The fourth-order valence-corrected chi connectivity index (χ4v) is 2.65. The zero-order valence-electron chi connectivity index (χ0n) is 17.6. The van der Waals surface area contributed by atoms with Crippen LogP contribution in [-0.4, -0.2) is 43.2 Å². The zero-order chi connectivity index (χ0) is 23.1. The molecule has 31 heavy (non-hydrogen) atoms. The summed E-state index contributed by atoms with van der Waals surface area (Å²) in [5.74, 6) is 1.06. The van der Waals surface area contributed by atoms with E-state index in [-0.39, 0.29) is 18.7 Å². The van der Waals surface area contributed by atoms with Gasteiger partial charge in [-0.2, -0.15) is 13.2 Å². The van der Waals surface area contributed by atoms with Crippen LogP contribution in [0.3, 0.4) is 0 Å². The third-order valence-corrected chi connectivity index (χ3v) is 4.34. The van der Waals surface area contributed by atoms with Crippen LogP contribution in [0.15, 0.2) is 45.8 Å². The summed E-state index contributed by atoms with van der Waals surface area (Å²) in [6, 6.07) is 7.47. The third-order valence-electron chi connectivity index (χ3n) is 4.34. The first-order valence-corrected chi connectivity index (χ1v) is 9.80. The predicted octanol–water partition coefficient (Wildman–Crippen LogP) is 2.80. The summed E-state index contributed by atoms with van der Waals surface area (Å²) < 4.78 is 43.2. The normalized spacial score (nSPS) is 14.1. The molecular weight excluding hydrogens is 413 g/mol. The van der Waals surface area contributed by atoms with Crippen LogP contribution < -0.4 is 16.0 Å². The van der Waals surface area contributed by atoms with Crippen molar-refractivity contribution in [3.05, 3.63) is 59.0 Å². The number of halogens is 3. The molecule has 1 aromatic carbocycles. The van der Waals surface area contributed by atoms with E-state index in [1.807, 2.05) is 6.92 Å². The number of nitrogens with zero attached hydrogens (tertiary/aromatic N) is 1. The third kappa shape index (κ3) is 7.32. The lowest BCUT2D eigenvalue weighted by atomic mass is 10.0. The molecule has 1 heterocycles. The number of hydrogen-bond acceptors (Lipinski definition) is 4. The minimum absolute atomic E-state index is 0.0488. The number of aliphatic imine (C=N–C) groups is 1. The molecular formula is C21H27F3N4O3. The number of benzene rings is 1. The van der Waals surface area contributed by atoms with E-state index in [0.29, 0.717) is 30.6 Å². The summed E-state index contributed by atoms with van der Waals surface area (Å²) >= 11 is 0. The average molecular weight is 440 g/mol. The van der Waals surface area contributed by atoms with Gasteiger partial charge in [0.05, 0.1) is 12.1 Å². The van der Waals surface area contributed by atoms with Crippen LogP contribution in [0.5, 0.6) is 0 Å². The highest BCUT2D eigenvalue weighted by atomic mass is 19.4. The van der Waals surface area contributed by atoms with Gasteiger partial charge in [-0.25, -0.2) is 4.99 Å². The SMILES string of the molecule is CCNC(=NCC(C)(O)c1ccc(C)o1)NCCNC(=O)c1ccc(C(F)(F)F)cc1. The summed E-state index contributed by atoms with van der Waals surface area (Å²) in [5.41, 5.74) is -1.95. The summed E-state index contributed by atoms with van der Waals surface area (Å²) in [6.45, 7) is 6.45. The Labute approximate surface area is 178 Å². The maximum Gasteiger partial charge on any atom is 0.416 e. The minimum atomic E-state index is -4.44. The van der Waals surface area contributed by atoms with Gasteiger partial charge in [0, 0.05) is 25.2 Å². The molecule has 4 N–H and O–H groups in total. The Morgan fingerprint density at radius 3 is 2.26 bits per heavy atom. The molecule has 1 aromatic heterocycles. The van der Waals surface area contributed by atoms with Crippen LogP contribution >= 0.6 is 0 Å². The van der Waals surface area contributed by atoms with Crippen LogP contribution in [0, 0.1) is 6.92 Å². The van der Waals surface area contributed by atoms with E-state index in [9.17, 15) is 23.1 Å². The number of carbonyl (C=O) groups excluding carboxylic acids is 1. The number of guanidine groups is 1. The Morgan fingerprint density at radius 1 is 1.06 bits per heavy atom. The van der Waals surface area contributed by atoms with E-state index in [1.54, 1.807) is 26.0 Å². The van der Waals surface area contributed by atoms with Gasteiger partial charge in [-0.3, -0.25) is 4.79 Å². The topological polar surface area (TPSA) is 98.9 Å². The van der Waals surface area contributed by atoms with Crippen LogP contribution in [0.1, 0.15) is 41.3 Å². The molecule has 2 rings (SSSR count). The molecule has 0 aliphatic rings. The van der Waals surface area contributed by atoms with Crippen molar-refractivity contribution in [2.24, 2.45) is 4.99 Å². The molecule has 170 valence electrons. The number of rotatable bonds is 8. The van der Waals surface area contributed by atoms with Crippen LogP contribution in [0.4, 0.5) is 13.2 Å². The van der Waals surface area contributed by atoms with Gasteiger partial charge in [-0.15, -0.1) is 0 Å². The fraction of sp³-hybridized carbons (Fsp3) is 0.429. The number of alkyl halides is 3. The Kier molecular flexibility index (Phi) is 8.09. The summed E-state index contributed by atoms with van der Waals surface area (Å²) in [6.07, 6.45) is -4.44. The lowest BCUT2D eigenvalue weighted by Crippen LogP contribution is -2.42. The number of amides is 1. The van der Waals surface area contributed by atoms with E-state index in [0.717, 1.165) is 24.3 Å². The summed E-state index contributed by atoms with van der Waals surface area (Å²) in [4.78, 5) is 16.4. The Bertz CT molecular complexity index is 890. The summed E-state index contributed by atoms with van der Waals surface area (Å²) in [5, 5.41) is 19.2. The first kappa shape index (κ1) is 24.3. The second-order valence-corrected chi connectivity index (χ2v) is 7.14. The molecule has 0 fully saturated rings. The molecule has 2 aromatic rings. The van der Waals surface area contributed by atoms with E-state index in [4.69, 9.17) is 4.42 Å². The van der Waals surface area contributed by atoms with Crippen molar-refractivity contribution in [3.63, 3.8) is 0 Å². The maximum absolute atomic E-state index is 12.6. The predicted molar refractivity (Wildman–Crippen MR) is 111 cm³/mol. The molecule has 0 aliphatic heterocycles. The quantitative estimate of drug-likeness (QED) is 0.288. The van der Waals surface area contributed by atoms with E-state index in [2.05, 4.69) is 20.9 Å². The van der Waals surface area contributed by atoms with E-state index >= 15 is 0 Å². The average Bonchev–Trinajstić information content (AvgIpc) is 3.16. The van der Waals surface area contributed by atoms with E-state index < -0.39 is 23.2 Å². The van der Waals surface area contributed by atoms with Crippen LogP contribution in [0.25, 0.3) is 0 Å². The molecule has 0 saturated heterocycles. The van der Waals surface area contributed by atoms with Crippen molar-refractivity contribution >= 4 is 11.9 Å². The second kappa shape index (κ2) is 10.3. The lowest BCUT2D eigenvalue weighted by Gasteiger charge is -2.19. The Hall–Kier alpha value is -3.01. The summed E-state index contributed by atoms with van der Waals surface area (Å²) in [7, 11) is 0. The molecule has 10 heteroatoms. The largest absolute Gasteiger partial charge is 0.463 e. The number of aryl methyl sites for hydroxylation is 1. The molecule has 0 bridgehead atoms. The highest BCUT2D eigenvalue weighted by Gasteiger charge is 2.30. The Balaban J connectivity index is 1.85. The number of aliphatic hydroxyl groups is 1. The Morgan fingerprint density at radius 2 is 1.71 bits per heavy atom. The van der Waals surface area contributed by atoms with Gasteiger partial charge in [0.1, 0.15) is 17.1 Å². The fourth-order valence-electron chi connectivity index (χ4n) is 2.65. The molecule has 7 nitrogen and oxygen atoms in total. The minimum Gasteiger partial charge on any atom is -0.463 e. The first-order chi connectivity index (χ1) is 14.5. The maximum atomic E-state index is 12.6. The highest BCUT2D eigenvalue weighted by Crippen LogP contribution is 2.29. The van der Waals surface area contributed by atoms with Gasteiger partial charge >= 0.3 is 6.18 Å². The molecule has 0 aliphatic carbocycles. The van der Waals surface area contributed by atoms with Crippen molar-refractivity contribution in [2.45, 2.75) is 32.5 Å². The number of furan rings is 1. The van der Waals surface area contributed by atoms with Gasteiger partial charge in [0.25, 0.3) is 5.91 Å². The molecule has 0 radical (unpaired) electrons. The van der Waals surface area contributed by atoms with Crippen LogP contribution in [-0.2, 0) is 11.8 Å². The first-order valence-electron chi connectivity index (χ1n) is 9.80. The van der Waals surface area contributed by atoms with Gasteiger partial charge in [0.15, 0.2) is 5.96 Å². The zero-order valence-corrected chi connectivity index (χ0v) is 17.6. The smallest absolute Gasteiger partial charge is 0.416 e. The number of nitrogens with one attached hydrogen (secondary N) is 3. The standard InChI is InChI=1S/C21H27F3N4O3/c1-4-25-19(28-13-20(3,30)17-10-5-14(2)31-17)27-12-11-26-18(29)15-6-8-16(9-7-15)21(22,23)24/h5-10,30H,4,11-13H2,1-3H3,(H,26,29)(H2,25,27,28). The van der Waals surface area contributed by atoms with Crippen molar-refractivity contribution in [3.8, 4) is 0 Å². The number of carbonyl (C=O) groups is 1. The van der Waals surface area contributed by atoms with Crippen molar-refractivity contribution in [1.82, 2.24) is 16.0 Å². The molecule has 1 unspecified atom stereocenters. The van der Waals surface area contributed by atoms with Crippen molar-refractivity contribution in [1.29, 1.82) is 0 Å². The monoisotopic (exact) mass is 440 g/mol. The van der Waals surface area contributed by atoms with E-state index in [1.165, 1.54) is 0 Å².